The predicted molar refractivity (Wildman–Crippen MR) is 143 cm³/mol. The summed E-state index contributed by atoms with van der Waals surface area (Å²) in [5, 5.41) is 30.8. The van der Waals surface area contributed by atoms with Crippen molar-refractivity contribution < 1.29 is 29.2 Å². The number of hydrogen-bond acceptors (Lipinski definition) is 8. The Balaban J connectivity index is 1.46. The second kappa shape index (κ2) is 12.1. The number of oxime groups is 1. The van der Waals surface area contributed by atoms with Crippen LogP contribution in [0.4, 0.5) is 0 Å². The van der Waals surface area contributed by atoms with Gasteiger partial charge in [-0.05, 0) is 35.9 Å². The Labute approximate surface area is 221 Å². The van der Waals surface area contributed by atoms with Gasteiger partial charge in [-0.3, -0.25) is 14.6 Å². The van der Waals surface area contributed by atoms with Crippen LogP contribution in [0, 0.1) is 5.92 Å². The summed E-state index contributed by atoms with van der Waals surface area (Å²) < 4.78 is 5.85. The minimum Gasteiger partial charge on any atom is -0.489 e. The highest BCUT2D eigenvalue weighted by molar-refractivity contribution is 6.43. The van der Waals surface area contributed by atoms with Crippen LogP contribution in [0.15, 0.2) is 72.0 Å². The molecule has 1 unspecified atom stereocenters. The average molecular weight is 518 g/mol. The number of carbonyl (C=O) groups excluding carboxylic acids is 2. The summed E-state index contributed by atoms with van der Waals surface area (Å²) in [7, 11) is -1.75. The Morgan fingerprint density at radius 1 is 1.11 bits per heavy atom. The zero-order chi connectivity index (χ0) is 27.1. The van der Waals surface area contributed by atoms with Crippen LogP contribution >= 0.6 is 0 Å². The van der Waals surface area contributed by atoms with Crippen molar-refractivity contribution in [2.45, 2.75) is 38.2 Å². The van der Waals surface area contributed by atoms with E-state index < -0.39 is 24.6 Å². The maximum atomic E-state index is 13.4. The van der Waals surface area contributed by atoms with Crippen molar-refractivity contribution in [3.63, 3.8) is 0 Å². The molecule has 1 aromatic heterocycles. The number of nitrogens with one attached hydrogen (secondary N) is 2. The van der Waals surface area contributed by atoms with Gasteiger partial charge in [0.05, 0.1) is 18.2 Å². The topological polar surface area (TPSA) is 142 Å². The molecule has 4 N–H and O–H groups in total. The van der Waals surface area contributed by atoms with Crippen molar-refractivity contribution in [3.05, 3.63) is 72.6 Å². The van der Waals surface area contributed by atoms with Gasteiger partial charge in [-0.1, -0.05) is 61.5 Å². The minimum absolute atomic E-state index is 0.0299. The predicted octanol–water partition coefficient (Wildman–Crippen LogP) is 2.10. The SMILES string of the molecule is CC(C)C[C@H](NC(=O)C1(COc2ccccc2)CC(CNC(=O)c2nccc3ccccc23)=NO1)B(O)O. The Bertz CT molecular complexity index is 1300. The number of aromatic nitrogens is 1. The number of hydrogen-bond donors (Lipinski definition) is 4. The Hall–Kier alpha value is -3.96. The number of rotatable bonds is 11. The van der Waals surface area contributed by atoms with Crippen molar-refractivity contribution in [2.75, 3.05) is 13.2 Å². The lowest BCUT2D eigenvalue weighted by Crippen LogP contribution is -2.57. The standard InChI is InChI=1S/C27H31BN4O6/c1-18(2)14-23(28(35)36)31-26(34)27(17-37-21-9-4-3-5-10-21)15-20(32-38-27)16-30-25(33)24-22-11-7-6-8-19(22)12-13-29-24/h3-13,18,23,35-36H,14-17H2,1-2H3,(H,30,33)(H,31,34)/t23-,27?/m0/s1. The van der Waals surface area contributed by atoms with E-state index in [0.717, 1.165) is 10.8 Å². The van der Waals surface area contributed by atoms with E-state index in [0.29, 0.717) is 17.9 Å². The van der Waals surface area contributed by atoms with Crippen LogP contribution in [-0.4, -0.2) is 64.4 Å². The van der Waals surface area contributed by atoms with Crippen molar-refractivity contribution >= 4 is 35.4 Å². The van der Waals surface area contributed by atoms with Gasteiger partial charge in [-0.2, -0.15) is 0 Å². The summed E-state index contributed by atoms with van der Waals surface area (Å²) in [6, 6.07) is 18.2. The van der Waals surface area contributed by atoms with Gasteiger partial charge in [0, 0.05) is 18.0 Å². The molecule has 2 amide bonds. The molecule has 2 aromatic carbocycles. The smallest absolute Gasteiger partial charge is 0.475 e. The maximum absolute atomic E-state index is 13.4. The molecule has 0 saturated carbocycles. The molecule has 0 fully saturated rings. The molecule has 2 heterocycles. The van der Waals surface area contributed by atoms with E-state index in [1.807, 2.05) is 50.2 Å². The van der Waals surface area contributed by atoms with Gasteiger partial charge < -0.3 is 30.3 Å². The van der Waals surface area contributed by atoms with Gasteiger partial charge in [0.2, 0.25) is 0 Å². The zero-order valence-electron chi connectivity index (χ0n) is 21.3. The molecule has 0 spiro atoms. The van der Waals surface area contributed by atoms with Gasteiger partial charge in [0.15, 0.2) is 0 Å². The summed E-state index contributed by atoms with van der Waals surface area (Å²) in [4.78, 5) is 36.2. The maximum Gasteiger partial charge on any atom is 0.475 e. The molecule has 1 aliphatic heterocycles. The first-order chi connectivity index (χ1) is 18.3. The monoisotopic (exact) mass is 518 g/mol. The zero-order valence-corrected chi connectivity index (χ0v) is 21.3. The van der Waals surface area contributed by atoms with E-state index in [2.05, 4.69) is 20.8 Å². The number of nitrogens with zero attached hydrogens (tertiary/aromatic N) is 2. The summed E-state index contributed by atoms with van der Waals surface area (Å²) in [6.07, 6.45) is 1.96. The van der Waals surface area contributed by atoms with E-state index >= 15 is 0 Å². The van der Waals surface area contributed by atoms with Crippen LogP contribution in [0.2, 0.25) is 0 Å². The number of para-hydroxylation sites is 1. The fourth-order valence-electron chi connectivity index (χ4n) is 4.25. The molecular formula is C27H31BN4O6. The van der Waals surface area contributed by atoms with Crippen LogP contribution in [0.25, 0.3) is 10.8 Å². The molecule has 10 nitrogen and oxygen atoms in total. The Morgan fingerprint density at radius 3 is 2.58 bits per heavy atom. The third-order valence-electron chi connectivity index (χ3n) is 6.21. The van der Waals surface area contributed by atoms with E-state index in [-0.39, 0.29) is 37.1 Å². The molecule has 1 aliphatic rings. The Kier molecular flexibility index (Phi) is 8.60. The van der Waals surface area contributed by atoms with Gasteiger partial charge >= 0.3 is 7.12 Å². The van der Waals surface area contributed by atoms with Gasteiger partial charge in [-0.15, -0.1) is 0 Å². The first kappa shape index (κ1) is 27.1. The van der Waals surface area contributed by atoms with Crippen LogP contribution in [-0.2, 0) is 9.63 Å². The number of pyridine rings is 1. The second-order valence-corrected chi connectivity index (χ2v) is 9.71. The largest absolute Gasteiger partial charge is 0.489 e. The van der Waals surface area contributed by atoms with Crippen molar-refractivity contribution in [2.24, 2.45) is 11.1 Å². The summed E-state index contributed by atoms with van der Waals surface area (Å²) in [5.41, 5.74) is -0.847. The summed E-state index contributed by atoms with van der Waals surface area (Å²) in [6.45, 7) is 3.68. The molecule has 38 heavy (non-hydrogen) atoms. The first-order valence-corrected chi connectivity index (χ1v) is 12.5. The van der Waals surface area contributed by atoms with Crippen LogP contribution in [0.5, 0.6) is 5.75 Å². The molecule has 0 bridgehead atoms. The van der Waals surface area contributed by atoms with Gasteiger partial charge in [-0.25, -0.2) is 0 Å². The lowest BCUT2D eigenvalue weighted by molar-refractivity contribution is -0.148. The molecule has 0 radical (unpaired) electrons. The molecule has 0 aliphatic carbocycles. The average Bonchev–Trinajstić information content (AvgIpc) is 3.35. The highest BCUT2D eigenvalue weighted by atomic mass is 16.7. The van der Waals surface area contributed by atoms with E-state index in [9.17, 15) is 19.6 Å². The Morgan fingerprint density at radius 2 is 1.84 bits per heavy atom. The summed E-state index contributed by atoms with van der Waals surface area (Å²) >= 11 is 0. The number of benzene rings is 2. The van der Waals surface area contributed by atoms with E-state index in [4.69, 9.17) is 9.57 Å². The van der Waals surface area contributed by atoms with Crippen LogP contribution in [0.1, 0.15) is 37.2 Å². The first-order valence-electron chi connectivity index (χ1n) is 12.5. The van der Waals surface area contributed by atoms with Crippen molar-refractivity contribution in [1.82, 2.24) is 15.6 Å². The molecule has 2 atom stereocenters. The number of carbonyl (C=O) groups is 2. The highest BCUT2D eigenvalue weighted by Gasteiger charge is 2.49. The minimum atomic E-state index is -1.75. The molecule has 11 heteroatoms. The number of ether oxygens (including phenoxy) is 1. The third kappa shape index (κ3) is 6.48. The van der Waals surface area contributed by atoms with Crippen molar-refractivity contribution in [3.8, 4) is 5.75 Å². The molecule has 198 valence electrons. The fraction of sp³-hybridized carbons (Fsp3) is 0.333. The molecule has 0 saturated heterocycles. The summed E-state index contributed by atoms with van der Waals surface area (Å²) in [5.74, 6) is -1.23. The molecular weight excluding hydrogens is 487 g/mol. The lowest BCUT2D eigenvalue weighted by atomic mass is 9.74. The van der Waals surface area contributed by atoms with Crippen molar-refractivity contribution in [1.29, 1.82) is 0 Å². The third-order valence-corrected chi connectivity index (χ3v) is 6.21. The molecule has 4 rings (SSSR count). The number of fused-ring (bicyclic) bond motifs is 1. The lowest BCUT2D eigenvalue weighted by Gasteiger charge is -2.28. The normalized spacial score (nSPS) is 17.4. The quantitative estimate of drug-likeness (QED) is 0.285. The number of amides is 2. The van der Waals surface area contributed by atoms with Gasteiger partial charge in [0.25, 0.3) is 17.4 Å². The highest BCUT2D eigenvalue weighted by Crippen LogP contribution is 2.27. The second-order valence-electron chi connectivity index (χ2n) is 9.71. The van der Waals surface area contributed by atoms with Crippen LogP contribution < -0.4 is 15.4 Å². The van der Waals surface area contributed by atoms with E-state index in [1.165, 1.54) is 0 Å². The molecule has 3 aromatic rings. The fourth-order valence-corrected chi connectivity index (χ4v) is 4.25. The van der Waals surface area contributed by atoms with Gasteiger partial charge in [0.1, 0.15) is 18.1 Å². The van der Waals surface area contributed by atoms with Crippen LogP contribution in [0.3, 0.4) is 0 Å². The van der Waals surface area contributed by atoms with E-state index in [1.54, 1.807) is 30.5 Å².